The van der Waals surface area contributed by atoms with Gasteiger partial charge in [0.15, 0.2) is 0 Å². The van der Waals surface area contributed by atoms with Crippen LogP contribution in [0.1, 0.15) is 56.0 Å². The van der Waals surface area contributed by atoms with E-state index >= 15 is 0 Å². The van der Waals surface area contributed by atoms with E-state index in [1.807, 2.05) is 19.1 Å². The normalized spacial score (nSPS) is 22.2. The van der Waals surface area contributed by atoms with E-state index in [2.05, 4.69) is 37.1 Å². The summed E-state index contributed by atoms with van der Waals surface area (Å²) in [6, 6.07) is 6.43. The molecule has 21 heavy (non-hydrogen) atoms. The Labute approximate surface area is 128 Å². The van der Waals surface area contributed by atoms with Crippen LogP contribution in [0.3, 0.4) is 0 Å². The predicted octanol–water partition coefficient (Wildman–Crippen LogP) is 4.08. The molecule has 1 N–H and O–H groups in total. The van der Waals surface area contributed by atoms with Crippen molar-refractivity contribution in [3.05, 3.63) is 29.3 Å². The number of rotatable bonds is 4. The van der Waals surface area contributed by atoms with E-state index in [1.54, 1.807) is 0 Å². The molecule has 116 valence electrons. The first-order valence-corrected chi connectivity index (χ1v) is 8.18. The smallest absolute Gasteiger partial charge is 0.254 e. The third kappa shape index (κ3) is 3.78. The second-order valence-corrected chi connectivity index (χ2v) is 6.45. The monoisotopic (exact) mass is 288 g/mol. The van der Waals surface area contributed by atoms with Gasteiger partial charge in [-0.2, -0.15) is 0 Å². The number of benzene rings is 1. The zero-order valence-corrected chi connectivity index (χ0v) is 13.8. The van der Waals surface area contributed by atoms with E-state index in [-0.39, 0.29) is 5.91 Å². The number of likely N-dealkylation sites (tertiary alicyclic amines) is 1. The molecule has 1 aromatic carbocycles. The molecule has 1 amide bonds. The van der Waals surface area contributed by atoms with E-state index in [0.29, 0.717) is 12.0 Å². The summed E-state index contributed by atoms with van der Waals surface area (Å²) in [6.45, 7) is 10.4. The van der Waals surface area contributed by atoms with Crippen LogP contribution in [-0.4, -0.2) is 29.9 Å². The number of anilines is 1. The van der Waals surface area contributed by atoms with Crippen LogP contribution in [0.2, 0.25) is 0 Å². The van der Waals surface area contributed by atoms with Crippen molar-refractivity contribution in [3.8, 4) is 0 Å². The van der Waals surface area contributed by atoms with Crippen molar-refractivity contribution in [1.82, 2.24) is 4.90 Å². The van der Waals surface area contributed by atoms with Gasteiger partial charge in [0.05, 0.1) is 0 Å². The minimum absolute atomic E-state index is 0.189. The van der Waals surface area contributed by atoms with Crippen molar-refractivity contribution in [2.75, 3.05) is 18.4 Å². The summed E-state index contributed by atoms with van der Waals surface area (Å²) >= 11 is 0. The van der Waals surface area contributed by atoms with Gasteiger partial charge < -0.3 is 10.2 Å². The molecule has 2 rings (SSSR count). The maximum Gasteiger partial charge on any atom is 0.254 e. The number of aryl methyl sites for hydroxylation is 1. The number of carbonyl (C=O) groups excluding carboxylic acids is 1. The summed E-state index contributed by atoms with van der Waals surface area (Å²) in [7, 11) is 0. The molecular formula is C18H28N2O. The van der Waals surface area contributed by atoms with Gasteiger partial charge in [0.2, 0.25) is 0 Å². The molecular weight excluding hydrogens is 260 g/mol. The van der Waals surface area contributed by atoms with Crippen LogP contribution in [0.5, 0.6) is 0 Å². The number of nitrogens with one attached hydrogen (secondary N) is 1. The second kappa shape index (κ2) is 6.97. The van der Waals surface area contributed by atoms with Gasteiger partial charge in [0.25, 0.3) is 5.91 Å². The Morgan fingerprint density at radius 1 is 1.33 bits per heavy atom. The van der Waals surface area contributed by atoms with E-state index in [4.69, 9.17) is 0 Å². The summed E-state index contributed by atoms with van der Waals surface area (Å²) in [4.78, 5) is 14.9. The summed E-state index contributed by atoms with van der Waals surface area (Å²) in [5.41, 5.74) is 3.01. The molecule has 1 aromatic rings. The van der Waals surface area contributed by atoms with E-state index in [9.17, 15) is 4.79 Å². The molecule has 3 nitrogen and oxygen atoms in total. The molecule has 1 saturated heterocycles. The first-order valence-electron chi connectivity index (χ1n) is 8.18. The van der Waals surface area contributed by atoms with Crippen LogP contribution in [0, 0.1) is 12.8 Å². The molecule has 0 bridgehead atoms. The average molecular weight is 288 g/mol. The lowest BCUT2D eigenvalue weighted by atomic mass is 9.94. The van der Waals surface area contributed by atoms with Crippen LogP contribution in [0.25, 0.3) is 0 Å². The van der Waals surface area contributed by atoms with Gasteiger partial charge >= 0.3 is 0 Å². The zero-order valence-electron chi connectivity index (χ0n) is 13.8. The Balaban J connectivity index is 2.15. The Morgan fingerprint density at radius 3 is 2.76 bits per heavy atom. The summed E-state index contributed by atoms with van der Waals surface area (Å²) < 4.78 is 0. The average Bonchev–Trinajstić information content (AvgIpc) is 2.47. The minimum Gasteiger partial charge on any atom is -0.385 e. The molecule has 2 atom stereocenters. The Bertz CT molecular complexity index is 498. The van der Waals surface area contributed by atoms with Crippen LogP contribution in [0.4, 0.5) is 5.69 Å². The van der Waals surface area contributed by atoms with E-state index in [0.717, 1.165) is 42.7 Å². The third-order valence-electron chi connectivity index (χ3n) is 4.41. The number of piperidine rings is 1. The maximum atomic E-state index is 12.8. The van der Waals surface area contributed by atoms with Gasteiger partial charge in [-0.25, -0.2) is 0 Å². The number of nitrogens with zero attached hydrogens (tertiary/aromatic N) is 1. The lowest BCUT2D eigenvalue weighted by molar-refractivity contribution is 0.0573. The van der Waals surface area contributed by atoms with E-state index in [1.165, 1.54) is 6.42 Å². The Kier molecular flexibility index (Phi) is 5.27. The van der Waals surface area contributed by atoms with Gasteiger partial charge in [0, 0.05) is 30.4 Å². The fourth-order valence-corrected chi connectivity index (χ4v) is 3.01. The van der Waals surface area contributed by atoms with Crippen molar-refractivity contribution < 1.29 is 4.79 Å². The van der Waals surface area contributed by atoms with Crippen LogP contribution in [-0.2, 0) is 0 Å². The van der Waals surface area contributed by atoms with Gasteiger partial charge in [-0.3, -0.25) is 4.79 Å². The van der Waals surface area contributed by atoms with Gasteiger partial charge in [-0.1, -0.05) is 13.8 Å². The van der Waals surface area contributed by atoms with Crippen molar-refractivity contribution in [1.29, 1.82) is 0 Å². The third-order valence-corrected chi connectivity index (χ3v) is 4.41. The highest BCUT2D eigenvalue weighted by atomic mass is 16.2. The second-order valence-electron chi connectivity index (χ2n) is 6.45. The highest BCUT2D eigenvalue weighted by Crippen LogP contribution is 2.25. The molecule has 0 aromatic heterocycles. The fourth-order valence-electron chi connectivity index (χ4n) is 3.01. The fraction of sp³-hybridized carbons (Fsp3) is 0.611. The minimum atomic E-state index is 0.189. The lowest BCUT2D eigenvalue weighted by Crippen LogP contribution is -2.45. The van der Waals surface area contributed by atoms with Crippen LogP contribution >= 0.6 is 0 Å². The molecule has 1 aliphatic heterocycles. The topological polar surface area (TPSA) is 32.3 Å². The number of hydrogen-bond acceptors (Lipinski definition) is 2. The molecule has 1 fully saturated rings. The van der Waals surface area contributed by atoms with E-state index < -0.39 is 0 Å². The summed E-state index contributed by atoms with van der Waals surface area (Å²) in [6.07, 6.45) is 3.44. The summed E-state index contributed by atoms with van der Waals surface area (Å²) in [5, 5.41) is 3.37. The van der Waals surface area contributed by atoms with Crippen molar-refractivity contribution in [2.45, 2.75) is 53.0 Å². The number of carbonyl (C=O) groups is 1. The molecule has 1 heterocycles. The van der Waals surface area contributed by atoms with Crippen molar-refractivity contribution >= 4 is 11.6 Å². The Morgan fingerprint density at radius 2 is 2.10 bits per heavy atom. The lowest BCUT2D eigenvalue weighted by Gasteiger charge is -2.37. The summed E-state index contributed by atoms with van der Waals surface area (Å²) in [5.74, 6) is 0.796. The first-order chi connectivity index (χ1) is 10.0. The highest BCUT2D eigenvalue weighted by Gasteiger charge is 2.28. The molecule has 0 aliphatic carbocycles. The number of hydrogen-bond donors (Lipinski definition) is 1. The molecule has 0 spiro atoms. The Hall–Kier alpha value is -1.51. The molecule has 3 heteroatoms. The van der Waals surface area contributed by atoms with Gasteiger partial charge in [0.1, 0.15) is 0 Å². The first kappa shape index (κ1) is 15.9. The molecule has 1 aliphatic rings. The molecule has 0 radical (unpaired) electrons. The largest absolute Gasteiger partial charge is 0.385 e. The predicted molar refractivity (Wildman–Crippen MR) is 88.9 cm³/mol. The van der Waals surface area contributed by atoms with Crippen molar-refractivity contribution in [2.24, 2.45) is 5.92 Å². The van der Waals surface area contributed by atoms with Crippen LogP contribution < -0.4 is 5.32 Å². The molecule has 2 unspecified atom stereocenters. The number of amides is 1. The zero-order chi connectivity index (χ0) is 15.4. The van der Waals surface area contributed by atoms with Crippen molar-refractivity contribution in [3.63, 3.8) is 0 Å². The standard InChI is InChI=1S/C18H28N2O/c1-5-10-19-16-8-9-17(14(3)11-16)18(21)20-12-13(2)6-7-15(20)4/h8-9,11,13,15,19H,5-7,10,12H2,1-4H3. The van der Waals surface area contributed by atoms with Gasteiger partial charge in [-0.15, -0.1) is 0 Å². The molecule has 0 saturated carbocycles. The highest BCUT2D eigenvalue weighted by molar-refractivity contribution is 5.96. The van der Waals surface area contributed by atoms with Gasteiger partial charge in [-0.05, 0) is 62.8 Å². The SMILES string of the molecule is CCCNc1ccc(C(=O)N2CC(C)CCC2C)c(C)c1. The quantitative estimate of drug-likeness (QED) is 0.905. The maximum absolute atomic E-state index is 12.8. The van der Waals surface area contributed by atoms with Crippen LogP contribution in [0.15, 0.2) is 18.2 Å².